The van der Waals surface area contributed by atoms with Gasteiger partial charge in [-0.15, -0.1) is 0 Å². The van der Waals surface area contributed by atoms with Crippen molar-refractivity contribution in [2.45, 2.75) is 44.2 Å². The molecule has 0 amide bonds. The number of benzene rings is 1. The average molecular weight is 400 g/mol. The van der Waals surface area contributed by atoms with Gasteiger partial charge in [-0.3, -0.25) is 10.3 Å². The Hall–Kier alpha value is -2.97. The number of hydrogen-bond donors (Lipinski definition) is 2. The molecule has 2 heterocycles. The third-order valence-electron chi connectivity index (χ3n) is 4.40. The molecule has 0 radical (unpaired) electrons. The quantitative estimate of drug-likeness (QED) is 0.737. The molecule has 29 heavy (non-hydrogen) atoms. The van der Waals surface area contributed by atoms with E-state index in [1.165, 1.54) is 7.11 Å². The van der Waals surface area contributed by atoms with Gasteiger partial charge in [-0.1, -0.05) is 18.2 Å². The first-order valence-corrected chi connectivity index (χ1v) is 9.13. The number of rotatable bonds is 5. The molecule has 3 rings (SSSR count). The van der Waals surface area contributed by atoms with Crippen LogP contribution in [0.2, 0.25) is 0 Å². The smallest absolute Gasteiger partial charge is 0.359 e. The number of aromatic nitrogens is 1. The second-order valence-electron chi connectivity index (χ2n) is 7.66. The summed E-state index contributed by atoms with van der Waals surface area (Å²) < 4.78 is 16.6. The molecular formula is C21H24N2O6. The van der Waals surface area contributed by atoms with E-state index in [9.17, 15) is 14.7 Å². The van der Waals surface area contributed by atoms with Gasteiger partial charge in [0.1, 0.15) is 11.4 Å². The van der Waals surface area contributed by atoms with Crippen LogP contribution in [0.15, 0.2) is 48.7 Å². The second kappa shape index (κ2) is 7.81. The Labute approximate surface area is 168 Å². The average Bonchev–Trinajstić information content (AvgIpc) is 3.10. The topological polar surface area (TPSA) is 107 Å². The lowest BCUT2D eigenvalue weighted by Crippen LogP contribution is -2.49. The van der Waals surface area contributed by atoms with Crippen LogP contribution in [0.1, 0.15) is 38.1 Å². The van der Waals surface area contributed by atoms with Crippen molar-refractivity contribution in [1.29, 1.82) is 0 Å². The van der Waals surface area contributed by atoms with Crippen LogP contribution in [-0.4, -0.2) is 40.8 Å². The summed E-state index contributed by atoms with van der Waals surface area (Å²) in [5, 5.41) is 12.8. The Morgan fingerprint density at radius 2 is 1.86 bits per heavy atom. The van der Waals surface area contributed by atoms with Crippen molar-refractivity contribution in [1.82, 2.24) is 10.3 Å². The van der Waals surface area contributed by atoms with Gasteiger partial charge >= 0.3 is 11.9 Å². The van der Waals surface area contributed by atoms with Crippen LogP contribution in [0.4, 0.5) is 0 Å². The Kier molecular flexibility index (Phi) is 5.59. The summed E-state index contributed by atoms with van der Waals surface area (Å²) in [4.78, 5) is 29.4. The summed E-state index contributed by atoms with van der Waals surface area (Å²) in [6.45, 7) is 5.19. The molecule has 1 unspecified atom stereocenters. The van der Waals surface area contributed by atoms with Crippen LogP contribution in [-0.2, 0) is 24.8 Å². The Bertz CT molecular complexity index is 878. The van der Waals surface area contributed by atoms with Crippen LogP contribution >= 0.6 is 0 Å². The first-order chi connectivity index (χ1) is 13.7. The third-order valence-corrected chi connectivity index (χ3v) is 4.40. The summed E-state index contributed by atoms with van der Waals surface area (Å²) in [5.41, 5.74) is -1.77. The highest BCUT2D eigenvalue weighted by atomic mass is 16.6. The van der Waals surface area contributed by atoms with E-state index in [0.29, 0.717) is 17.0 Å². The number of aliphatic carboxylic acids is 1. The molecule has 154 valence electrons. The summed E-state index contributed by atoms with van der Waals surface area (Å²) in [5.74, 6) is -1.37. The minimum atomic E-state index is -1.81. The van der Waals surface area contributed by atoms with Crippen molar-refractivity contribution in [2.75, 3.05) is 7.11 Å². The van der Waals surface area contributed by atoms with E-state index in [1.54, 1.807) is 69.4 Å². The molecule has 1 aromatic carbocycles. The molecule has 0 spiro atoms. The van der Waals surface area contributed by atoms with E-state index in [4.69, 9.17) is 14.2 Å². The second-order valence-corrected chi connectivity index (χ2v) is 7.66. The molecule has 0 saturated carbocycles. The first-order valence-electron chi connectivity index (χ1n) is 9.13. The number of pyridine rings is 1. The number of carboxylic acid groups (broad SMARTS) is 1. The van der Waals surface area contributed by atoms with E-state index >= 15 is 0 Å². The SMILES string of the molecule is COc1ccc(C2(C(=O)OC(C)(C)C)N[C@@H](c3ccccn3)[C@H](C(=O)O)O2)cc1. The van der Waals surface area contributed by atoms with E-state index in [1.807, 2.05) is 0 Å². The number of hydrogen-bond acceptors (Lipinski definition) is 7. The van der Waals surface area contributed by atoms with Gasteiger partial charge in [0.25, 0.3) is 0 Å². The monoisotopic (exact) mass is 400 g/mol. The van der Waals surface area contributed by atoms with Crippen molar-refractivity contribution in [2.24, 2.45) is 0 Å². The highest BCUT2D eigenvalue weighted by molar-refractivity contribution is 5.84. The fraction of sp³-hybridized carbons (Fsp3) is 0.381. The van der Waals surface area contributed by atoms with Crippen LogP contribution in [0.25, 0.3) is 0 Å². The van der Waals surface area contributed by atoms with Gasteiger partial charge in [-0.25, -0.2) is 9.59 Å². The molecule has 2 N–H and O–H groups in total. The summed E-state index contributed by atoms with van der Waals surface area (Å²) >= 11 is 0. The number of carbonyl (C=O) groups excluding carboxylic acids is 1. The number of nitrogens with one attached hydrogen (secondary N) is 1. The van der Waals surface area contributed by atoms with Crippen LogP contribution in [0.3, 0.4) is 0 Å². The first kappa shape index (κ1) is 20.8. The fourth-order valence-electron chi connectivity index (χ4n) is 3.12. The predicted molar refractivity (Wildman–Crippen MR) is 103 cm³/mol. The molecule has 0 aliphatic carbocycles. The summed E-state index contributed by atoms with van der Waals surface area (Å²) in [7, 11) is 1.53. The molecule has 8 nitrogen and oxygen atoms in total. The van der Waals surface area contributed by atoms with Crippen LogP contribution in [0, 0.1) is 0 Å². The zero-order valence-corrected chi connectivity index (χ0v) is 16.7. The number of nitrogens with zero attached hydrogens (tertiary/aromatic N) is 1. The Morgan fingerprint density at radius 1 is 1.17 bits per heavy atom. The maximum absolute atomic E-state index is 13.2. The molecule has 1 saturated heterocycles. The van der Waals surface area contributed by atoms with Crippen molar-refractivity contribution < 1.29 is 28.9 Å². The standard InChI is InChI=1S/C21H24N2O6/c1-20(2,3)29-19(26)21(13-8-10-14(27-4)11-9-13)23-16(17(28-21)18(24)25)15-7-5-6-12-22-15/h5-12,16-17,23H,1-4H3,(H,24,25)/t16-,17+,21?/m0/s1. The largest absolute Gasteiger partial charge is 0.497 e. The zero-order chi connectivity index (χ0) is 21.2. The minimum absolute atomic E-state index is 0.400. The highest BCUT2D eigenvalue weighted by Crippen LogP contribution is 2.40. The van der Waals surface area contributed by atoms with Crippen molar-refractivity contribution in [3.05, 3.63) is 59.9 Å². The van der Waals surface area contributed by atoms with Gasteiger partial charge in [0.05, 0.1) is 18.8 Å². The van der Waals surface area contributed by atoms with Gasteiger partial charge in [-0.05, 0) is 45.0 Å². The Morgan fingerprint density at radius 3 is 2.38 bits per heavy atom. The minimum Gasteiger partial charge on any atom is -0.497 e. The van der Waals surface area contributed by atoms with Gasteiger partial charge in [0, 0.05) is 11.8 Å². The summed E-state index contributed by atoms with van der Waals surface area (Å²) in [6.07, 6.45) is 0.205. The van der Waals surface area contributed by atoms with E-state index in [-0.39, 0.29) is 0 Å². The number of methoxy groups -OCH3 is 1. The van der Waals surface area contributed by atoms with Crippen LogP contribution < -0.4 is 10.1 Å². The maximum Gasteiger partial charge on any atom is 0.359 e. The number of carbonyl (C=O) groups is 2. The summed E-state index contributed by atoms with van der Waals surface area (Å²) in [6, 6.07) is 10.9. The van der Waals surface area contributed by atoms with Gasteiger partial charge in [-0.2, -0.15) is 0 Å². The van der Waals surface area contributed by atoms with Crippen LogP contribution in [0.5, 0.6) is 5.75 Å². The third kappa shape index (κ3) is 4.23. The molecule has 2 aromatic rings. The number of ether oxygens (including phenoxy) is 3. The fourth-order valence-corrected chi connectivity index (χ4v) is 3.12. The van der Waals surface area contributed by atoms with Gasteiger partial charge in [0.15, 0.2) is 6.10 Å². The van der Waals surface area contributed by atoms with Gasteiger partial charge < -0.3 is 19.3 Å². The van der Waals surface area contributed by atoms with Crippen molar-refractivity contribution in [3.8, 4) is 5.75 Å². The zero-order valence-electron chi connectivity index (χ0n) is 16.7. The lowest BCUT2D eigenvalue weighted by atomic mass is 10.0. The van der Waals surface area contributed by atoms with E-state index < -0.39 is 35.4 Å². The van der Waals surface area contributed by atoms with E-state index in [0.717, 1.165) is 0 Å². The highest BCUT2D eigenvalue weighted by Gasteiger charge is 2.57. The molecule has 8 heteroatoms. The van der Waals surface area contributed by atoms with Crippen molar-refractivity contribution in [3.63, 3.8) is 0 Å². The molecule has 3 atom stereocenters. The molecular weight excluding hydrogens is 376 g/mol. The lowest BCUT2D eigenvalue weighted by molar-refractivity contribution is -0.189. The number of carboxylic acids is 1. The molecule has 1 aliphatic heterocycles. The molecule has 1 fully saturated rings. The normalized spacial score (nSPS) is 24.1. The maximum atomic E-state index is 13.2. The Balaban J connectivity index is 2.09. The van der Waals surface area contributed by atoms with E-state index in [2.05, 4.69) is 10.3 Å². The van der Waals surface area contributed by atoms with Gasteiger partial charge in [0.2, 0.25) is 5.72 Å². The molecule has 1 aromatic heterocycles. The van der Waals surface area contributed by atoms with Crippen molar-refractivity contribution >= 4 is 11.9 Å². The predicted octanol–water partition coefficient (Wildman–Crippen LogP) is 2.40. The molecule has 1 aliphatic rings. The molecule has 0 bridgehead atoms. The lowest BCUT2D eigenvalue weighted by Gasteiger charge is -2.31. The number of esters is 1.